The monoisotopic (exact) mass is 475 g/mol. The Morgan fingerprint density at radius 2 is 1.51 bits per heavy atom. The number of likely N-dealkylation sites (N-methyl/N-ethyl adjacent to an activating group) is 1. The summed E-state index contributed by atoms with van der Waals surface area (Å²) in [7, 11) is 2.86. The van der Waals surface area contributed by atoms with Crippen LogP contribution in [-0.2, 0) is 9.59 Å². The number of anilines is 2. The SMILES string of the molecule is COc1cccc(N(CC(=O)N(C)c2ccccc2F)C(=O)CN2C(=O)c3ccccc3C2=O)c1. The summed E-state index contributed by atoms with van der Waals surface area (Å²) in [6.07, 6.45) is 0. The molecular formula is C26H22FN3O5. The molecule has 8 nitrogen and oxygen atoms in total. The Hall–Kier alpha value is -4.53. The summed E-state index contributed by atoms with van der Waals surface area (Å²) in [5, 5.41) is 0. The standard InChI is InChI=1S/C26H22FN3O5/c1-28(22-13-6-5-12-21(22)27)23(31)15-29(17-8-7-9-18(14-17)35-2)24(32)16-30-25(33)19-10-3-4-11-20(19)26(30)34/h3-14H,15-16H2,1-2H3. The van der Waals surface area contributed by atoms with Crippen LogP contribution in [0.3, 0.4) is 0 Å². The molecule has 178 valence electrons. The van der Waals surface area contributed by atoms with Crippen LogP contribution in [0.4, 0.5) is 15.8 Å². The number of fused-ring (bicyclic) bond motifs is 1. The zero-order valence-corrected chi connectivity index (χ0v) is 19.1. The Morgan fingerprint density at radius 1 is 0.886 bits per heavy atom. The average Bonchev–Trinajstić information content (AvgIpc) is 3.11. The number of halogens is 1. The van der Waals surface area contributed by atoms with Crippen molar-refractivity contribution in [2.75, 3.05) is 37.0 Å². The largest absolute Gasteiger partial charge is 0.497 e. The number of hydrogen-bond acceptors (Lipinski definition) is 5. The van der Waals surface area contributed by atoms with E-state index in [2.05, 4.69) is 0 Å². The minimum Gasteiger partial charge on any atom is -0.497 e. The molecule has 1 heterocycles. The van der Waals surface area contributed by atoms with E-state index in [9.17, 15) is 23.6 Å². The number of benzene rings is 3. The zero-order valence-electron chi connectivity index (χ0n) is 19.1. The molecule has 3 aromatic rings. The summed E-state index contributed by atoms with van der Waals surface area (Å²) in [5.41, 5.74) is 0.805. The van der Waals surface area contributed by atoms with Crippen molar-refractivity contribution in [1.82, 2.24) is 4.90 Å². The highest BCUT2D eigenvalue weighted by atomic mass is 19.1. The van der Waals surface area contributed by atoms with Crippen LogP contribution in [0.2, 0.25) is 0 Å². The first-order valence-electron chi connectivity index (χ1n) is 10.7. The third kappa shape index (κ3) is 4.61. The van der Waals surface area contributed by atoms with Gasteiger partial charge < -0.3 is 14.5 Å². The van der Waals surface area contributed by atoms with Gasteiger partial charge in [0.15, 0.2) is 0 Å². The van der Waals surface area contributed by atoms with E-state index in [1.54, 1.807) is 42.5 Å². The first-order valence-corrected chi connectivity index (χ1v) is 10.7. The molecule has 1 aliphatic heterocycles. The molecule has 0 aliphatic carbocycles. The highest BCUT2D eigenvalue weighted by Crippen LogP contribution is 2.25. The van der Waals surface area contributed by atoms with Gasteiger partial charge in [-0.3, -0.25) is 24.1 Å². The van der Waals surface area contributed by atoms with Gasteiger partial charge in [0.05, 0.1) is 23.9 Å². The number of methoxy groups -OCH3 is 1. The summed E-state index contributed by atoms with van der Waals surface area (Å²) in [6.45, 7) is -1.03. The van der Waals surface area contributed by atoms with Crippen LogP contribution in [0.15, 0.2) is 72.8 Å². The van der Waals surface area contributed by atoms with E-state index in [-0.39, 0.29) is 16.8 Å². The maximum Gasteiger partial charge on any atom is 0.262 e. The van der Waals surface area contributed by atoms with Gasteiger partial charge >= 0.3 is 0 Å². The van der Waals surface area contributed by atoms with Gasteiger partial charge in [-0.05, 0) is 36.4 Å². The molecule has 35 heavy (non-hydrogen) atoms. The lowest BCUT2D eigenvalue weighted by Crippen LogP contribution is -2.47. The van der Waals surface area contributed by atoms with Gasteiger partial charge in [-0.25, -0.2) is 4.39 Å². The van der Waals surface area contributed by atoms with E-state index in [1.807, 2.05) is 0 Å². The van der Waals surface area contributed by atoms with E-state index in [4.69, 9.17) is 4.74 Å². The molecule has 0 radical (unpaired) electrons. The molecular weight excluding hydrogens is 453 g/mol. The summed E-state index contributed by atoms with van der Waals surface area (Å²) >= 11 is 0. The molecule has 4 rings (SSSR count). The van der Waals surface area contributed by atoms with Crippen LogP contribution < -0.4 is 14.5 Å². The van der Waals surface area contributed by atoms with Gasteiger partial charge in [0, 0.05) is 18.8 Å². The molecule has 0 atom stereocenters. The third-order valence-electron chi connectivity index (χ3n) is 5.72. The predicted octanol–water partition coefficient (Wildman–Crippen LogP) is 3.13. The molecule has 0 saturated carbocycles. The number of carbonyl (C=O) groups is 4. The molecule has 9 heteroatoms. The lowest BCUT2D eigenvalue weighted by Gasteiger charge is -2.27. The van der Waals surface area contributed by atoms with Gasteiger partial charge in [-0.1, -0.05) is 30.3 Å². The number of ether oxygens (including phenoxy) is 1. The summed E-state index contributed by atoms with van der Waals surface area (Å²) in [4.78, 5) is 55.1. The van der Waals surface area contributed by atoms with Crippen LogP contribution in [0.25, 0.3) is 0 Å². The summed E-state index contributed by atoms with van der Waals surface area (Å²) in [5.74, 6) is -2.56. The van der Waals surface area contributed by atoms with Crippen molar-refractivity contribution in [3.8, 4) is 5.75 Å². The van der Waals surface area contributed by atoms with Crippen LogP contribution in [0.1, 0.15) is 20.7 Å². The normalized spacial score (nSPS) is 12.4. The van der Waals surface area contributed by atoms with E-state index < -0.39 is 42.5 Å². The number of rotatable bonds is 7. The van der Waals surface area contributed by atoms with Crippen molar-refractivity contribution in [3.63, 3.8) is 0 Å². The third-order valence-corrected chi connectivity index (χ3v) is 5.72. The summed E-state index contributed by atoms with van der Waals surface area (Å²) in [6, 6.07) is 18.5. The molecule has 0 N–H and O–H groups in total. The molecule has 0 fully saturated rings. The van der Waals surface area contributed by atoms with Crippen LogP contribution >= 0.6 is 0 Å². The maximum absolute atomic E-state index is 14.2. The number of hydrogen-bond donors (Lipinski definition) is 0. The number of carbonyl (C=O) groups excluding carboxylic acids is 4. The highest BCUT2D eigenvalue weighted by molar-refractivity contribution is 6.23. The fraction of sp³-hybridized carbons (Fsp3) is 0.154. The van der Waals surface area contributed by atoms with Gasteiger partial charge in [-0.2, -0.15) is 0 Å². The van der Waals surface area contributed by atoms with Crippen molar-refractivity contribution in [2.45, 2.75) is 0 Å². The van der Waals surface area contributed by atoms with Crippen molar-refractivity contribution in [1.29, 1.82) is 0 Å². The van der Waals surface area contributed by atoms with Crippen molar-refractivity contribution < 1.29 is 28.3 Å². The lowest BCUT2D eigenvalue weighted by molar-refractivity contribution is -0.122. The second-order valence-electron chi connectivity index (χ2n) is 7.83. The molecule has 0 aromatic heterocycles. The van der Waals surface area contributed by atoms with Crippen molar-refractivity contribution >= 4 is 35.0 Å². The first kappa shape index (κ1) is 23.6. The highest BCUT2D eigenvalue weighted by Gasteiger charge is 2.37. The maximum atomic E-state index is 14.2. The molecule has 0 bridgehead atoms. The van der Waals surface area contributed by atoms with Crippen LogP contribution in [0, 0.1) is 5.82 Å². The minimum atomic E-state index is -0.664. The molecule has 0 saturated heterocycles. The predicted molar refractivity (Wildman–Crippen MR) is 127 cm³/mol. The number of nitrogens with zero attached hydrogens (tertiary/aromatic N) is 3. The Morgan fingerprint density at radius 3 is 2.14 bits per heavy atom. The number of para-hydroxylation sites is 1. The first-order chi connectivity index (χ1) is 16.8. The fourth-order valence-electron chi connectivity index (χ4n) is 3.80. The van der Waals surface area contributed by atoms with E-state index in [0.717, 1.165) is 14.7 Å². The van der Waals surface area contributed by atoms with E-state index in [0.29, 0.717) is 11.4 Å². The molecule has 0 unspecified atom stereocenters. The van der Waals surface area contributed by atoms with Gasteiger partial charge in [-0.15, -0.1) is 0 Å². The Bertz CT molecular complexity index is 1290. The van der Waals surface area contributed by atoms with Crippen molar-refractivity contribution in [2.24, 2.45) is 0 Å². The average molecular weight is 475 g/mol. The second kappa shape index (κ2) is 9.76. The fourth-order valence-corrected chi connectivity index (χ4v) is 3.80. The molecule has 3 aromatic carbocycles. The van der Waals surface area contributed by atoms with E-state index in [1.165, 1.54) is 44.5 Å². The quantitative estimate of drug-likeness (QED) is 0.490. The number of amides is 4. The minimum absolute atomic E-state index is 0.0517. The van der Waals surface area contributed by atoms with Crippen LogP contribution in [0.5, 0.6) is 5.75 Å². The van der Waals surface area contributed by atoms with Crippen molar-refractivity contribution in [3.05, 3.63) is 89.7 Å². The molecule has 0 spiro atoms. The zero-order chi connectivity index (χ0) is 25.1. The number of imide groups is 1. The molecule has 4 amide bonds. The molecule has 1 aliphatic rings. The lowest BCUT2D eigenvalue weighted by atomic mass is 10.1. The smallest absolute Gasteiger partial charge is 0.262 e. The topological polar surface area (TPSA) is 87.2 Å². The van der Waals surface area contributed by atoms with Gasteiger partial charge in [0.1, 0.15) is 24.7 Å². The Balaban J connectivity index is 1.61. The Kier molecular flexibility index (Phi) is 6.59. The van der Waals surface area contributed by atoms with E-state index >= 15 is 0 Å². The summed E-state index contributed by atoms with van der Waals surface area (Å²) < 4.78 is 19.5. The van der Waals surface area contributed by atoms with Crippen LogP contribution in [-0.4, -0.2) is 55.8 Å². The van der Waals surface area contributed by atoms with Gasteiger partial charge in [0.25, 0.3) is 11.8 Å². The van der Waals surface area contributed by atoms with Gasteiger partial charge in [0.2, 0.25) is 11.8 Å². The Labute approximate surface area is 201 Å². The second-order valence-corrected chi connectivity index (χ2v) is 7.83.